The molecular weight excluding hydrogens is 364 g/mol. The summed E-state index contributed by atoms with van der Waals surface area (Å²) in [7, 11) is 1.69. The number of amides is 2. The van der Waals surface area contributed by atoms with Gasteiger partial charge in [-0.2, -0.15) is 10.2 Å². The second-order valence-corrected chi connectivity index (χ2v) is 5.84. The maximum absolute atomic E-state index is 12.1. The standard InChI is InChI=1S/C15H19ClN6O4/c1-9-12(16)13(20-21(9)2)15(26)18-7-6-17-14(25)10-3-5-19-22(10)8-4-11(23)24/h3,5H,4,6-8H2,1-2H3,(H,17,25)(H,18,26)(H,23,24). The maximum atomic E-state index is 12.1. The van der Waals surface area contributed by atoms with E-state index in [2.05, 4.69) is 20.8 Å². The number of nitrogens with zero attached hydrogens (tertiary/aromatic N) is 4. The summed E-state index contributed by atoms with van der Waals surface area (Å²) in [4.78, 5) is 34.8. The lowest BCUT2D eigenvalue weighted by Crippen LogP contribution is -2.35. The van der Waals surface area contributed by atoms with Crippen LogP contribution in [-0.2, 0) is 18.4 Å². The molecule has 10 nitrogen and oxygen atoms in total. The Morgan fingerprint density at radius 3 is 2.46 bits per heavy atom. The van der Waals surface area contributed by atoms with Gasteiger partial charge in [0.15, 0.2) is 5.69 Å². The van der Waals surface area contributed by atoms with E-state index < -0.39 is 17.8 Å². The van der Waals surface area contributed by atoms with Crippen molar-refractivity contribution < 1.29 is 19.5 Å². The van der Waals surface area contributed by atoms with Crippen molar-refractivity contribution in [1.29, 1.82) is 0 Å². The molecule has 26 heavy (non-hydrogen) atoms. The second kappa shape index (κ2) is 8.48. The molecule has 2 aromatic heterocycles. The van der Waals surface area contributed by atoms with Gasteiger partial charge >= 0.3 is 5.97 Å². The highest BCUT2D eigenvalue weighted by atomic mass is 35.5. The van der Waals surface area contributed by atoms with Crippen molar-refractivity contribution in [2.75, 3.05) is 13.1 Å². The molecule has 0 radical (unpaired) electrons. The molecule has 0 saturated carbocycles. The number of hydrogen-bond donors (Lipinski definition) is 3. The van der Waals surface area contributed by atoms with E-state index in [1.54, 1.807) is 14.0 Å². The smallest absolute Gasteiger partial charge is 0.305 e. The molecule has 0 atom stereocenters. The Balaban J connectivity index is 1.82. The van der Waals surface area contributed by atoms with Gasteiger partial charge in [0.1, 0.15) is 5.69 Å². The predicted molar refractivity (Wildman–Crippen MR) is 92.1 cm³/mol. The third-order valence-corrected chi connectivity index (χ3v) is 4.11. The van der Waals surface area contributed by atoms with Crippen molar-refractivity contribution in [2.45, 2.75) is 19.9 Å². The van der Waals surface area contributed by atoms with Gasteiger partial charge in [-0.05, 0) is 13.0 Å². The second-order valence-electron chi connectivity index (χ2n) is 5.47. The summed E-state index contributed by atoms with van der Waals surface area (Å²) in [5.74, 6) is -1.81. The van der Waals surface area contributed by atoms with E-state index >= 15 is 0 Å². The van der Waals surface area contributed by atoms with E-state index in [-0.39, 0.29) is 42.5 Å². The molecule has 3 N–H and O–H groups in total. The van der Waals surface area contributed by atoms with Gasteiger partial charge in [-0.25, -0.2) is 0 Å². The molecule has 0 aliphatic rings. The minimum Gasteiger partial charge on any atom is -0.481 e. The first-order chi connectivity index (χ1) is 12.3. The van der Waals surface area contributed by atoms with Gasteiger partial charge < -0.3 is 15.7 Å². The van der Waals surface area contributed by atoms with Crippen LogP contribution >= 0.6 is 11.6 Å². The number of aliphatic carboxylic acids is 1. The first kappa shape index (κ1) is 19.4. The zero-order valence-electron chi connectivity index (χ0n) is 14.3. The van der Waals surface area contributed by atoms with Gasteiger partial charge in [-0.1, -0.05) is 11.6 Å². The molecule has 0 saturated heterocycles. The topological polar surface area (TPSA) is 131 Å². The van der Waals surface area contributed by atoms with Crippen LogP contribution in [0, 0.1) is 6.92 Å². The summed E-state index contributed by atoms with van der Waals surface area (Å²) in [6.07, 6.45) is 1.28. The molecule has 0 spiro atoms. The summed E-state index contributed by atoms with van der Waals surface area (Å²) in [6.45, 7) is 2.21. The van der Waals surface area contributed by atoms with E-state index in [0.717, 1.165) is 0 Å². The Kier molecular flexibility index (Phi) is 6.34. The average Bonchev–Trinajstić information content (AvgIpc) is 3.17. The minimum absolute atomic E-state index is 0.0966. The number of halogens is 1. The van der Waals surface area contributed by atoms with Crippen molar-refractivity contribution in [3.8, 4) is 0 Å². The number of nitrogens with one attached hydrogen (secondary N) is 2. The first-order valence-corrected chi connectivity index (χ1v) is 8.18. The largest absolute Gasteiger partial charge is 0.481 e. The van der Waals surface area contributed by atoms with Crippen LogP contribution < -0.4 is 10.6 Å². The lowest BCUT2D eigenvalue weighted by Gasteiger charge is -2.08. The Bertz CT molecular complexity index is 828. The van der Waals surface area contributed by atoms with Crippen LogP contribution in [-0.4, -0.2) is 55.5 Å². The fourth-order valence-electron chi connectivity index (χ4n) is 2.16. The van der Waals surface area contributed by atoms with Crippen LogP contribution in [0.5, 0.6) is 0 Å². The molecule has 2 aromatic rings. The number of carbonyl (C=O) groups is 3. The fourth-order valence-corrected chi connectivity index (χ4v) is 2.40. The van der Waals surface area contributed by atoms with E-state index in [4.69, 9.17) is 16.7 Å². The Morgan fingerprint density at radius 1 is 1.23 bits per heavy atom. The summed E-state index contributed by atoms with van der Waals surface area (Å²) in [6, 6.07) is 1.49. The number of rotatable bonds is 8. The van der Waals surface area contributed by atoms with Gasteiger partial charge in [0.05, 0.1) is 23.7 Å². The number of carboxylic acids is 1. The molecule has 0 unspecified atom stereocenters. The Morgan fingerprint density at radius 2 is 1.88 bits per heavy atom. The molecule has 2 amide bonds. The lowest BCUT2D eigenvalue weighted by molar-refractivity contribution is -0.137. The lowest BCUT2D eigenvalue weighted by atomic mass is 10.3. The summed E-state index contributed by atoms with van der Waals surface area (Å²) in [5.41, 5.74) is 1.06. The SMILES string of the molecule is Cc1c(Cl)c(C(=O)NCCNC(=O)c2ccnn2CCC(=O)O)nn1C. The van der Waals surface area contributed by atoms with Crippen molar-refractivity contribution in [3.05, 3.63) is 34.4 Å². The molecule has 11 heteroatoms. The van der Waals surface area contributed by atoms with Crippen LogP contribution in [0.25, 0.3) is 0 Å². The van der Waals surface area contributed by atoms with Crippen molar-refractivity contribution >= 4 is 29.4 Å². The normalized spacial score (nSPS) is 10.6. The summed E-state index contributed by atoms with van der Waals surface area (Å²) >= 11 is 6.04. The van der Waals surface area contributed by atoms with Gasteiger partial charge in [-0.3, -0.25) is 23.7 Å². The highest BCUT2D eigenvalue weighted by Crippen LogP contribution is 2.18. The zero-order chi connectivity index (χ0) is 19.3. The minimum atomic E-state index is -0.974. The molecule has 0 aromatic carbocycles. The van der Waals surface area contributed by atoms with E-state index in [9.17, 15) is 14.4 Å². The number of carbonyl (C=O) groups excluding carboxylic acids is 2. The van der Waals surface area contributed by atoms with E-state index in [0.29, 0.717) is 5.69 Å². The average molecular weight is 383 g/mol. The molecular formula is C15H19ClN6O4. The van der Waals surface area contributed by atoms with E-state index in [1.165, 1.54) is 21.6 Å². The predicted octanol–water partition coefficient (Wildman–Crippen LogP) is 0.213. The third kappa shape index (κ3) is 4.60. The quantitative estimate of drug-likeness (QED) is 0.559. The molecule has 0 aliphatic heterocycles. The van der Waals surface area contributed by atoms with Gasteiger partial charge in [0.2, 0.25) is 0 Å². The van der Waals surface area contributed by atoms with Crippen molar-refractivity contribution in [3.63, 3.8) is 0 Å². The fraction of sp³-hybridized carbons (Fsp3) is 0.400. The summed E-state index contributed by atoms with van der Waals surface area (Å²) < 4.78 is 2.83. The number of hydrogen-bond acceptors (Lipinski definition) is 5. The van der Waals surface area contributed by atoms with Gasteiger partial charge in [-0.15, -0.1) is 0 Å². The molecule has 140 valence electrons. The van der Waals surface area contributed by atoms with Crippen LogP contribution in [0.2, 0.25) is 5.02 Å². The third-order valence-electron chi connectivity index (χ3n) is 3.66. The zero-order valence-corrected chi connectivity index (χ0v) is 15.1. The highest BCUT2D eigenvalue weighted by molar-refractivity contribution is 6.34. The first-order valence-electron chi connectivity index (χ1n) is 7.80. The Hall–Kier alpha value is -2.88. The highest BCUT2D eigenvalue weighted by Gasteiger charge is 2.18. The van der Waals surface area contributed by atoms with Crippen LogP contribution in [0.4, 0.5) is 0 Å². The molecule has 0 bridgehead atoms. The molecule has 0 fully saturated rings. The number of carboxylic acid groups (broad SMARTS) is 1. The monoisotopic (exact) mass is 382 g/mol. The van der Waals surface area contributed by atoms with Crippen molar-refractivity contribution in [1.82, 2.24) is 30.2 Å². The molecule has 0 aliphatic carbocycles. The van der Waals surface area contributed by atoms with Gasteiger partial charge in [0, 0.05) is 26.3 Å². The van der Waals surface area contributed by atoms with Crippen LogP contribution in [0.15, 0.2) is 12.3 Å². The van der Waals surface area contributed by atoms with Crippen LogP contribution in [0.3, 0.4) is 0 Å². The molecule has 2 heterocycles. The summed E-state index contributed by atoms with van der Waals surface area (Å²) in [5, 5.41) is 22.2. The Labute approximate surface area is 154 Å². The number of aromatic nitrogens is 4. The molecule has 2 rings (SSSR count). The van der Waals surface area contributed by atoms with Crippen LogP contribution in [0.1, 0.15) is 33.1 Å². The number of aryl methyl sites for hydroxylation is 2. The van der Waals surface area contributed by atoms with Gasteiger partial charge in [0.25, 0.3) is 11.8 Å². The maximum Gasteiger partial charge on any atom is 0.305 e. The van der Waals surface area contributed by atoms with E-state index in [1.807, 2.05) is 0 Å². The van der Waals surface area contributed by atoms with Crippen molar-refractivity contribution in [2.24, 2.45) is 7.05 Å².